The highest BCUT2D eigenvalue weighted by molar-refractivity contribution is 7.87. The largest absolute Gasteiger partial charge is 0.382 e. The number of benzene rings is 3. The molecule has 0 fully saturated rings. The summed E-state index contributed by atoms with van der Waals surface area (Å²) < 4.78 is 41.5. The topological polar surface area (TPSA) is 63.7 Å². The Morgan fingerprint density at radius 2 is 1.47 bits per heavy atom. The maximum absolute atomic E-state index is 13.3. The number of nitrogens with zero attached hydrogens (tertiary/aromatic N) is 1. The van der Waals surface area contributed by atoms with Gasteiger partial charge in [0, 0.05) is 19.2 Å². The molecule has 7 heteroatoms. The van der Waals surface area contributed by atoms with E-state index in [2.05, 4.69) is 0 Å². The second kappa shape index (κ2) is 10.7. The van der Waals surface area contributed by atoms with Gasteiger partial charge in [-0.2, -0.15) is 8.42 Å². The summed E-state index contributed by atoms with van der Waals surface area (Å²) in [5.74, 6) is -0.445. The second-order valence-corrected chi connectivity index (χ2v) is 9.00. The Balaban J connectivity index is 1.77. The maximum atomic E-state index is 13.3. The van der Waals surface area contributed by atoms with E-state index in [1.807, 2.05) is 30.3 Å². The predicted octanol–water partition coefficient (Wildman–Crippen LogP) is 4.80. The third-order valence-corrected chi connectivity index (χ3v) is 5.84. The Hall–Kier alpha value is -3.45. The molecule has 0 atom stereocenters. The minimum absolute atomic E-state index is 0.123. The van der Waals surface area contributed by atoms with Crippen molar-refractivity contribution < 1.29 is 21.8 Å². The highest BCUT2D eigenvalue weighted by Gasteiger charge is 2.14. The lowest BCUT2D eigenvalue weighted by atomic mass is 10.1. The van der Waals surface area contributed by atoms with Gasteiger partial charge in [-0.15, -0.1) is 0 Å². The number of halogens is 1. The quantitative estimate of drug-likeness (QED) is 0.345. The second-order valence-electron chi connectivity index (χ2n) is 7.14. The smallest absolute Gasteiger partial charge is 0.308 e. The molecule has 0 N–H and O–H groups in total. The minimum atomic E-state index is -3.60. The molecule has 1 amide bonds. The summed E-state index contributed by atoms with van der Waals surface area (Å²) in [7, 11) is -3.60. The molecule has 0 aliphatic carbocycles. The number of rotatable bonds is 9. The van der Waals surface area contributed by atoms with Crippen molar-refractivity contribution in [3.63, 3.8) is 0 Å². The fourth-order valence-corrected chi connectivity index (χ4v) is 3.46. The molecule has 0 radical (unpaired) electrons. The molecule has 0 saturated heterocycles. The van der Waals surface area contributed by atoms with E-state index in [4.69, 9.17) is 4.18 Å². The van der Waals surface area contributed by atoms with Crippen LogP contribution in [0, 0.1) is 5.82 Å². The molecule has 0 spiro atoms. The van der Waals surface area contributed by atoms with E-state index in [9.17, 15) is 17.6 Å². The molecular formula is C25H24FNO4S. The molecule has 0 heterocycles. The SMILES string of the molecule is CCS(=O)(=O)Oc1ccc(CN(Cc2ccc(F)cc2)C(=O)C=Cc2ccccc2)cc1. The lowest BCUT2D eigenvalue weighted by Gasteiger charge is -2.22. The summed E-state index contributed by atoms with van der Waals surface area (Å²) in [6, 6.07) is 22.0. The van der Waals surface area contributed by atoms with E-state index in [1.165, 1.54) is 25.1 Å². The van der Waals surface area contributed by atoms with Gasteiger partial charge in [0.2, 0.25) is 5.91 Å². The van der Waals surface area contributed by atoms with E-state index >= 15 is 0 Å². The first-order chi connectivity index (χ1) is 15.3. The molecule has 5 nitrogen and oxygen atoms in total. The molecule has 3 aromatic carbocycles. The van der Waals surface area contributed by atoms with Crippen molar-refractivity contribution >= 4 is 22.1 Å². The van der Waals surface area contributed by atoms with Crippen LogP contribution in [0.4, 0.5) is 4.39 Å². The number of carbonyl (C=O) groups excluding carboxylic acids is 1. The molecular weight excluding hydrogens is 429 g/mol. The van der Waals surface area contributed by atoms with Crippen LogP contribution in [0.15, 0.2) is 84.9 Å². The first-order valence-electron chi connectivity index (χ1n) is 10.1. The Bertz CT molecular complexity index is 1160. The molecule has 0 aliphatic rings. The summed E-state index contributed by atoms with van der Waals surface area (Å²) in [4.78, 5) is 14.6. The number of amides is 1. The summed E-state index contributed by atoms with van der Waals surface area (Å²) in [6.45, 7) is 2.09. The van der Waals surface area contributed by atoms with Crippen LogP contribution >= 0.6 is 0 Å². The van der Waals surface area contributed by atoms with E-state index in [0.29, 0.717) is 6.54 Å². The lowest BCUT2D eigenvalue weighted by Crippen LogP contribution is -2.28. The predicted molar refractivity (Wildman–Crippen MR) is 123 cm³/mol. The van der Waals surface area contributed by atoms with Gasteiger partial charge in [-0.1, -0.05) is 54.6 Å². The molecule has 3 rings (SSSR count). The first-order valence-corrected chi connectivity index (χ1v) is 11.7. The van der Waals surface area contributed by atoms with E-state index in [0.717, 1.165) is 16.7 Å². The Morgan fingerprint density at radius 1 is 0.906 bits per heavy atom. The first kappa shape index (κ1) is 23.2. The standard InChI is InChI=1S/C25H24FNO4S/c1-2-32(29,30)31-24-15-10-22(11-16-24)19-27(18-21-8-13-23(26)14-9-21)25(28)17-12-20-6-4-3-5-7-20/h3-17H,2,18-19H2,1H3. The monoisotopic (exact) mass is 453 g/mol. The van der Waals surface area contributed by atoms with Crippen molar-refractivity contribution in [2.75, 3.05) is 5.75 Å². The number of hydrogen-bond acceptors (Lipinski definition) is 4. The van der Waals surface area contributed by atoms with Gasteiger partial charge in [-0.3, -0.25) is 4.79 Å². The van der Waals surface area contributed by atoms with Crippen molar-refractivity contribution in [1.29, 1.82) is 0 Å². The van der Waals surface area contributed by atoms with Gasteiger partial charge in [-0.05, 0) is 54.0 Å². The molecule has 3 aromatic rings. The summed E-state index contributed by atoms with van der Waals surface area (Å²) in [5.41, 5.74) is 2.50. The normalized spacial score (nSPS) is 11.4. The summed E-state index contributed by atoms with van der Waals surface area (Å²) in [5, 5.41) is 0. The fraction of sp³-hybridized carbons (Fsp3) is 0.160. The van der Waals surface area contributed by atoms with E-state index in [-0.39, 0.29) is 29.8 Å². The zero-order chi connectivity index (χ0) is 23.0. The molecule has 0 aliphatic heterocycles. The van der Waals surface area contributed by atoms with Crippen LogP contribution in [0.5, 0.6) is 5.75 Å². The molecule has 0 aromatic heterocycles. The molecule has 0 saturated carbocycles. The molecule has 0 bridgehead atoms. The van der Waals surface area contributed by atoms with Gasteiger partial charge >= 0.3 is 10.1 Å². The summed E-state index contributed by atoms with van der Waals surface area (Å²) >= 11 is 0. The third-order valence-electron chi connectivity index (χ3n) is 4.69. The van der Waals surface area contributed by atoms with Crippen LogP contribution in [-0.4, -0.2) is 25.0 Å². The number of carbonyl (C=O) groups is 1. The van der Waals surface area contributed by atoms with Gasteiger partial charge in [0.25, 0.3) is 0 Å². The van der Waals surface area contributed by atoms with Gasteiger partial charge in [0.05, 0.1) is 5.75 Å². The average Bonchev–Trinajstić information content (AvgIpc) is 2.80. The van der Waals surface area contributed by atoms with Crippen molar-refractivity contribution in [3.8, 4) is 5.75 Å². The Kier molecular flexibility index (Phi) is 7.78. The van der Waals surface area contributed by atoms with Crippen LogP contribution in [0.1, 0.15) is 23.6 Å². The van der Waals surface area contributed by atoms with Crippen LogP contribution in [0.2, 0.25) is 0 Å². The molecule has 0 unspecified atom stereocenters. The van der Waals surface area contributed by atoms with Gasteiger partial charge < -0.3 is 9.08 Å². The average molecular weight is 454 g/mol. The van der Waals surface area contributed by atoms with Crippen molar-refractivity contribution in [3.05, 3.63) is 107 Å². The zero-order valence-electron chi connectivity index (χ0n) is 17.6. The summed E-state index contributed by atoms with van der Waals surface area (Å²) in [6.07, 6.45) is 3.25. The Labute approximate surface area is 187 Å². The van der Waals surface area contributed by atoms with E-state index < -0.39 is 10.1 Å². The minimum Gasteiger partial charge on any atom is -0.382 e. The number of hydrogen-bond donors (Lipinski definition) is 0. The third kappa shape index (κ3) is 7.06. The van der Waals surface area contributed by atoms with E-state index in [1.54, 1.807) is 47.4 Å². The van der Waals surface area contributed by atoms with Gasteiger partial charge in [0.1, 0.15) is 11.6 Å². The van der Waals surface area contributed by atoms with Crippen molar-refractivity contribution in [1.82, 2.24) is 4.90 Å². The van der Waals surface area contributed by atoms with Crippen LogP contribution in [0.25, 0.3) is 6.08 Å². The molecule has 166 valence electrons. The zero-order valence-corrected chi connectivity index (χ0v) is 18.5. The maximum Gasteiger partial charge on any atom is 0.308 e. The van der Waals surface area contributed by atoms with Gasteiger partial charge in [0.15, 0.2) is 0 Å². The van der Waals surface area contributed by atoms with Gasteiger partial charge in [-0.25, -0.2) is 4.39 Å². The Morgan fingerprint density at radius 3 is 2.03 bits per heavy atom. The van der Waals surface area contributed by atoms with Crippen molar-refractivity contribution in [2.45, 2.75) is 20.0 Å². The van der Waals surface area contributed by atoms with Crippen LogP contribution < -0.4 is 4.18 Å². The molecule has 32 heavy (non-hydrogen) atoms. The fourth-order valence-electron chi connectivity index (χ4n) is 2.94. The lowest BCUT2D eigenvalue weighted by molar-refractivity contribution is -0.127. The van der Waals surface area contributed by atoms with Crippen molar-refractivity contribution in [2.24, 2.45) is 0 Å². The van der Waals surface area contributed by atoms with Crippen LogP contribution in [0.3, 0.4) is 0 Å². The highest BCUT2D eigenvalue weighted by atomic mass is 32.2. The van der Waals surface area contributed by atoms with Crippen LogP contribution in [-0.2, 0) is 28.0 Å². The highest BCUT2D eigenvalue weighted by Crippen LogP contribution is 2.18.